The highest BCUT2D eigenvalue weighted by molar-refractivity contribution is 4.81. The molecule has 0 aromatic rings. The molecule has 2 N–H and O–H groups in total. The highest BCUT2D eigenvalue weighted by Gasteiger charge is 2.26. The Labute approximate surface area is 107 Å². The third-order valence-electron chi connectivity index (χ3n) is 3.60. The average Bonchev–Trinajstić information content (AvgIpc) is 2.23. The molecule has 0 spiro atoms. The number of nitrogens with one attached hydrogen (secondary N) is 1. The highest BCUT2D eigenvalue weighted by atomic mass is 16.3. The van der Waals surface area contributed by atoms with Crippen LogP contribution >= 0.6 is 0 Å². The predicted molar refractivity (Wildman–Crippen MR) is 73.3 cm³/mol. The average molecular weight is 242 g/mol. The van der Waals surface area contributed by atoms with Crippen molar-refractivity contribution in [3.63, 3.8) is 0 Å². The fraction of sp³-hybridized carbons (Fsp3) is 1.00. The first kappa shape index (κ1) is 14.9. The van der Waals surface area contributed by atoms with Gasteiger partial charge < -0.3 is 15.3 Å². The van der Waals surface area contributed by atoms with E-state index in [9.17, 15) is 5.11 Å². The number of nitrogens with zero attached hydrogens (tertiary/aromatic N) is 1. The van der Waals surface area contributed by atoms with E-state index < -0.39 is 0 Å². The molecule has 0 saturated heterocycles. The van der Waals surface area contributed by atoms with Crippen molar-refractivity contribution in [2.24, 2.45) is 0 Å². The third-order valence-corrected chi connectivity index (χ3v) is 3.60. The Bertz CT molecular complexity index is 213. The molecule has 1 saturated carbocycles. The second-order valence-corrected chi connectivity index (χ2v) is 6.43. The van der Waals surface area contributed by atoms with E-state index in [0.29, 0.717) is 6.04 Å². The van der Waals surface area contributed by atoms with Crippen molar-refractivity contribution in [2.75, 3.05) is 20.1 Å². The van der Waals surface area contributed by atoms with Gasteiger partial charge in [-0.1, -0.05) is 12.8 Å². The highest BCUT2D eigenvalue weighted by Crippen LogP contribution is 2.22. The maximum absolute atomic E-state index is 9.97. The molecular formula is C14H30N2O. The summed E-state index contributed by atoms with van der Waals surface area (Å²) in [5, 5.41) is 13.5. The number of aliphatic hydroxyl groups is 1. The van der Waals surface area contributed by atoms with E-state index in [-0.39, 0.29) is 11.6 Å². The summed E-state index contributed by atoms with van der Waals surface area (Å²) in [6.07, 6.45) is 5.64. The largest absolute Gasteiger partial charge is 0.391 e. The van der Waals surface area contributed by atoms with Crippen molar-refractivity contribution in [2.45, 2.75) is 70.6 Å². The van der Waals surface area contributed by atoms with Crippen LogP contribution in [0.25, 0.3) is 0 Å². The van der Waals surface area contributed by atoms with Gasteiger partial charge in [0.05, 0.1) is 6.10 Å². The molecule has 1 rings (SSSR count). The van der Waals surface area contributed by atoms with Crippen molar-refractivity contribution in [1.29, 1.82) is 0 Å². The van der Waals surface area contributed by atoms with Crippen LogP contribution < -0.4 is 5.32 Å². The van der Waals surface area contributed by atoms with Gasteiger partial charge in [-0.3, -0.25) is 0 Å². The van der Waals surface area contributed by atoms with Crippen LogP contribution in [0.5, 0.6) is 0 Å². The Morgan fingerprint density at radius 3 is 2.47 bits per heavy atom. The molecule has 1 fully saturated rings. The molecule has 0 radical (unpaired) electrons. The summed E-state index contributed by atoms with van der Waals surface area (Å²) < 4.78 is 0. The van der Waals surface area contributed by atoms with Crippen molar-refractivity contribution >= 4 is 0 Å². The van der Waals surface area contributed by atoms with Gasteiger partial charge in [-0.15, -0.1) is 0 Å². The van der Waals surface area contributed by atoms with Crippen LogP contribution in [0.3, 0.4) is 0 Å². The van der Waals surface area contributed by atoms with Gasteiger partial charge in [0.2, 0.25) is 0 Å². The normalized spacial score (nSPS) is 26.5. The number of hydrogen-bond acceptors (Lipinski definition) is 3. The van der Waals surface area contributed by atoms with E-state index in [2.05, 4.69) is 38.0 Å². The fourth-order valence-corrected chi connectivity index (χ4v) is 2.56. The lowest BCUT2D eigenvalue weighted by molar-refractivity contribution is 0.0317. The number of aliphatic hydroxyl groups excluding tert-OH is 1. The van der Waals surface area contributed by atoms with Crippen LogP contribution in [0.4, 0.5) is 0 Å². The molecule has 1 aliphatic carbocycles. The second kappa shape index (κ2) is 6.72. The smallest absolute Gasteiger partial charge is 0.0695 e. The molecule has 3 heteroatoms. The zero-order valence-electron chi connectivity index (χ0n) is 12.0. The van der Waals surface area contributed by atoms with E-state index >= 15 is 0 Å². The van der Waals surface area contributed by atoms with Crippen LogP contribution in [0.15, 0.2) is 0 Å². The second-order valence-electron chi connectivity index (χ2n) is 6.43. The summed E-state index contributed by atoms with van der Waals surface area (Å²) in [4.78, 5) is 2.34. The Balaban J connectivity index is 2.17. The molecule has 3 nitrogen and oxygen atoms in total. The molecule has 2 atom stereocenters. The van der Waals surface area contributed by atoms with Gasteiger partial charge in [-0.2, -0.15) is 0 Å². The number of hydrogen-bond donors (Lipinski definition) is 2. The lowest BCUT2D eigenvalue weighted by atomic mass is 9.91. The molecule has 17 heavy (non-hydrogen) atoms. The Kier molecular flexibility index (Phi) is 5.90. The Hall–Kier alpha value is -0.120. The van der Waals surface area contributed by atoms with Gasteiger partial charge in [0, 0.05) is 11.6 Å². The first-order valence-electron chi connectivity index (χ1n) is 7.03. The fourth-order valence-electron chi connectivity index (χ4n) is 2.56. The number of likely N-dealkylation sites (N-methyl/N-ethyl adjacent to an activating group) is 1. The van der Waals surface area contributed by atoms with Gasteiger partial charge in [-0.05, 0) is 60.2 Å². The summed E-state index contributed by atoms with van der Waals surface area (Å²) in [5.41, 5.74) is 0.211. The van der Waals surface area contributed by atoms with Crippen molar-refractivity contribution in [1.82, 2.24) is 10.2 Å². The first-order valence-corrected chi connectivity index (χ1v) is 7.03. The zero-order valence-corrected chi connectivity index (χ0v) is 12.0. The topological polar surface area (TPSA) is 35.5 Å². The lowest BCUT2D eigenvalue weighted by Gasteiger charge is -2.35. The Morgan fingerprint density at radius 2 is 1.88 bits per heavy atom. The minimum absolute atomic E-state index is 0.107. The maximum atomic E-state index is 9.97. The Morgan fingerprint density at radius 1 is 1.24 bits per heavy atom. The van der Waals surface area contributed by atoms with E-state index in [1.54, 1.807) is 0 Å². The molecule has 0 aromatic heterocycles. The molecule has 0 amide bonds. The molecule has 0 heterocycles. The summed E-state index contributed by atoms with van der Waals surface area (Å²) in [6, 6.07) is 0.387. The lowest BCUT2D eigenvalue weighted by Crippen LogP contribution is -2.44. The van der Waals surface area contributed by atoms with Crippen LogP contribution in [0.2, 0.25) is 0 Å². The van der Waals surface area contributed by atoms with Gasteiger partial charge in [-0.25, -0.2) is 0 Å². The third kappa shape index (κ3) is 5.84. The maximum Gasteiger partial charge on any atom is 0.0695 e. The minimum atomic E-state index is -0.107. The van der Waals surface area contributed by atoms with E-state index in [1.165, 1.54) is 12.8 Å². The first-order chi connectivity index (χ1) is 7.90. The van der Waals surface area contributed by atoms with Gasteiger partial charge in [0.1, 0.15) is 0 Å². The van der Waals surface area contributed by atoms with Crippen LogP contribution in [0.1, 0.15) is 52.9 Å². The van der Waals surface area contributed by atoms with E-state index in [4.69, 9.17) is 0 Å². The summed E-state index contributed by atoms with van der Waals surface area (Å²) in [5.74, 6) is 0. The zero-order chi connectivity index (χ0) is 12.9. The van der Waals surface area contributed by atoms with Crippen molar-refractivity contribution < 1.29 is 5.11 Å². The molecule has 0 aliphatic heterocycles. The van der Waals surface area contributed by atoms with Gasteiger partial charge >= 0.3 is 0 Å². The van der Waals surface area contributed by atoms with E-state index in [1.807, 2.05) is 0 Å². The van der Waals surface area contributed by atoms with Gasteiger partial charge in [0.25, 0.3) is 0 Å². The van der Waals surface area contributed by atoms with Gasteiger partial charge in [0.15, 0.2) is 0 Å². The van der Waals surface area contributed by atoms with Crippen molar-refractivity contribution in [3.05, 3.63) is 0 Å². The molecular weight excluding hydrogens is 212 g/mol. The number of rotatable bonds is 5. The molecule has 0 aromatic carbocycles. The van der Waals surface area contributed by atoms with E-state index in [0.717, 1.165) is 32.4 Å². The molecule has 2 unspecified atom stereocenters. The SMILES string of the molecule is CN(CCCNC(C)(C)C)C1CCCCC1O. The summed E-state index contributed by atoms with van der Waals surface area (Å²) in [6.45, 7) is 8.71. The molecule has 1 aliphatic rings. The van der Waals surface area contributed by atoms with Crippen molar-refractivity contribution in [3.8, 4) is 0 Å². The minimum Gasteiger partial charge on any atom is -0.391 e. The predicted octanol–water partition coefficient (Wildman–Crippen LogP) is 2.00. The molecule has 102 valence electrons. The monoisotopic (exact) mass is 242 g/mol. The standard InChI is InChI=1S/C14H30N2O/c1-14(2,3)15-10-7-11-16(4)12-8-5-6-9-13(12)17/h12-13,15,17H,5-11H2,1-4H3. The molecule has 0 bridgehead atoms. The van der Waals surface area contributed by atoms with Crippen LogP contribution in [0, 0.1) is 0 Å². The van der Waals surface area contributed by atoms with Crippen LogP contribution in [-0.4, -0.2) is 47.8 Å². The quantitative estimate of drug-likeness (QED) is 0.724. The summed E-state index contributed by atoms with van der Waals surface area (Å²) in [7, 11) is 2.15. The van der Waals surface area contributed by atoms with Crippen LogP contribution in [-0.2, 0) is 0 Å². The summed E-state index contributed by atoms with van der Waals surface area (Å²) >= 11 is 0.